The van der Waals surface area contributed by atoms with Crippen molar-refractivity contribution < 1.29 is 18.0 Å². The molecule has 2 atom stereocenters. The molecule has 20 heavy (non-hydrogen) atoms. The molecule has 0 unspecified atom stereocenters. The Morgan fingerprint density at radius 1 is 1.30 bits per heavy atom. The van der Waals surface area contributed by atoms with E-state index in [0.29, 0.717) is 18.7 Å². The van der Waals surface area contributed by atoms with E-state index in [1.54, 1.807) is 11.0 Å². The first-order valence-electron chi connectivity index (χ1n) is 6.14. The third-order valence-corrected chi connectivity index (χ3v) is 3.80. The average molecular weight is 307 g/mol. The van der Waals surface area contributed by atoms with Crippen LogP contribution in [0.4, 0.5) is 13.2 Å². The van der Waals surface area contributed by atoms with Gasteiger partial charge in [-0.25, -0.2) is 0 Å². The molecule has 0 aliphatic carbocycles. The molecule has 3 rings (SSSR count). The van der Waals surface area contributed by atoms with E-state index in [-0.39, 0.29) is 30.1 Å². The molecule has 0 spiro atoms. The maximum atomic E-state index is 13.0. The monoisotopic (exact) mass is 306 g/mol. The number of hydrogen-bond donors (Lipinski definition) is 1. The number of hydrogen-bond acceptors (Lipinski definition) is 2. The Hall–Kier alpha value is -1.27. The highest BCUT2D eigenvalue weighted by molar-refractivity contribution is 6.01. The number of rotatable bonds is 0. The van der Waals surface area contributed by atoms with E-state index in [0.717, 1.165) is 6.07 Å². The van der Waals surface area contributed by atoms with Gasteiger partial charge >= 0.3 is 6.18 Å². The van der Waals surface area contributed by atoms with Gasteiger partial charge in [0.1, 0.15) is 0 Å². The molecule has 3 nitrogen and oxygen atoms in total. The quantitative estimate of drug-likeness (QED) is 0.799. The third-order valence-electron chi connectivity index (χ3n) is 3.80. The van der Waals surface area contributed by atoms with Crippen molar-refractivity contribution in [2.24, 2.45) is 0 Å². The number of amides is 1. The van der Waals surface area contributed by atoms with Crippen LogP contribution in [-0.4, -0.2) is 29.9 Å². The maximum absolute atomic E-state index is 13.0. The van der Waals surface area contributed by atoms with Crippen LogP contribution in [0.3, 0.4) is 0 Å². The van der Waals surface area contributed by atoms with Crippen molar-refractivity contribution in [2.75, 3.05) is 13.1 Å². The molecule has 110 valence electrons. The van der Waals surface area contributed by atoms with Crippen molar-refractivity contribution in [2.45, 2.75) is 25.2 Å². The van der Waals surface area contributed by atoms with E-state index in [2.05, 4.69) is 5.32 Å². The van der Waals surface area contributed by atoms with E-state index in [1.807, 2.05) is 6.92 Å². The zero-order chi connectivity index (χ0) is 13.8. The molecule has 7 heteroatoms. The van der Waals surface area contributed by atoms with E-state index in [4.69, 9.17) is 0 Å². The van der Waals surface area contributed by atoms with Gasteiger partial charge in [-0.3, -0.25) is 4.79 Å². The summed E-state index contributed by atoms with van der Waals surface area (Å²) < 4.78 is 39.0. The van der Waals surface area contributed by atoms with Crippen LogP contribution in [-0.2, 0) is 6.18 Å². The number of nitrogens with one attached hydrogen (secondary N) is 1. The average Bonchev–Trinajstić information content (AvgIpc) is 2.64. The summed E-state index contributed by atoms with van der Waals surface area (Å²) in [5.41, 5.74) is -0.508. The minimum absolute atomic E-state index is 0. The first-order chi connectivity index (χ1) is 8.91. The smallest absolute Gasteiger partial charge is 0.326 e. The second kappa shape index (κ2) is 4.93. The van der Waals surface area contributed by atoms with Crippen LogP contribution in [0.1, 0.15) is 34.5 Å². The maximum Gasteiger partial charge on any atom is 0.417 e. The first kappa shape index (κ1) is 15.1. The van der Waals surface area contributed by atoms with Gasteiger partial charge < -0.3 is 10.2 Å². The number of piperazine rings is 1. The van der Waals surface area contributed by atoms with E-state index < -0.39 is 17.6 Å². The molecule has 2 aliphatic rings. The van der Waals surface area contributed by atoms with Gasteiger partial charge in [-0.05, 0) is 18.6 Å². The van der Waals surface area contributed by atoms with Gasteiger partial charge in [0, 0.05) is 19.1 Å². The van der Waals surface area contributed by atoms with Crippen LogP contribution in [0, 0.1) is 0 Å². The van der Waals surface area contributed by atoms with Crippen molar-refractivity contribution in [1.29, 1.82) is 0 Å². The largest absolute Gasteiger partial charge is 0.417 e. The van der Waals surface area contributed by atoms with Crippen molar-refractivity contribution >= 4 is 18.3 Å². The summed E-state index contributed by atoms with van der Waals surface area (Å²) in [5, 5.41) is 3.15. The van der Waals surface area contributed by atoms with Gasteiger partial charge in [0.25, 0.3) is 5.91 Å². The van der Waals surface area contributed by atoms with E-state index >= 15 is 0 Å². The molecule has 0 saturated carbocycles. The van der Waals surface area contributed by atoms with Gasteiger partial charge in [0.15, 0.2) is 0 Å². The van der Waals surface area contributed by atoms with Crippen LogP contribution >= 0.6 is 12.4 Å². The lowest BCUT2D eigenvalue weighted by atomic mass is 9.98. The SMILES string of the molecule is C[C@@H]1CNC[C@H]2c3cccc(C(F)(F)F)c3C(=O)N12.Cl. The normalized spacial score (nSPS) is 25.0. The summed E-state index contributed by atoms with van der Waals surface area (Å²) >= 11 is 0. The predicted octanol–water partition coefficient (Wildman–Crippen LogP) is 2.62. The summed E-state index contributed by atoms with van der Waals surface area (Å²) in [6.45, 7) is 2.96. The summed E-state index contributed by atoms with van der Waals surface area (Å²) in [4.78, 5) is 13.9. The minimum Gasteiger partial charge on any atom is -0.326 e. The summed E-state index contributed by atoms with van der Waals surface area (Å²) in [6.07, 6.45) is -4.49. The van der Waals surface area contributed by atoms with Crippen molar-refractivity contribution in [1.82, 2.24) is 10.2 Å². The topological polar surface area (TPSA) is 32.3 Å². The second-order valence-corrected chi connectivity index (χ2v) is 5.00. The summed E-state index contributed by atoms with van der Waals surface area (Å²) in [5.74, 6) is -0.498. The number of fused-ring (bicyclic) bond motifs is 3. The molecule has 1 fully saturated rings. The van der Waals surface area contributed by atoms with Crippen LogP contribution in [0.15, 0.2) is 18.2 Å². The Labute approximate surface area is 120 Å². The molecule has 1 aromatic rings. The molecular weight excluding hydrogens is 293 g/mol. The Bertz CT molecular complexity index is 547. The van der Waals surface area contributed by atoms with E-state index in [1.165, 1.54) is 6.07 Å². The number of benzene rings is 1. The van der Waals surface area contributed by atoms with Gasteiger partial charge in [-0.2, -0.15) is 13.2 Å². The number of nitrogens with zero attached hydrogens (tertiary/aromatic N) is 1. The summed E-state index contributed by atoms with van der Waals surface area (Å²) in [7, 11) is 0. The second-order valence-electron chi connectivity index (χ2n) is 5.00. The van der Waals surface area contributed by atoms with Crippen molar-refractivity contribution in [3.8, 4) is 0 Å². The lowest BCUT2D eigenvalue weighted by Crippen LogP contribution is -2.50. The Morgan fingerprint density at radius 2 is 2.00 bits per heavy atom. The van der Waals surface area contributed by atoms with Gasteiger partial charge in [0.05, 0.1) is 17.2 Å². The zero-order valence-electron chi connectivity index (χ0n) is 10.7. The fraction of sp³-hybridized carbons (Fsp3) is 0.462. The Kier molecular flexibility index (Phi) is 3.73. The number of carbonyl (C=O) groups excluding carboxylic acids is 1. The van der Waals surface area contributed by atoms with Crippen LogP contribution in [0.5, 0.6) is 0 Å². The highest BCUT2D eigenvalue weighted by Gasteiger charge is 2.46. The molecule has 0 radical (unpaired) electrons. The standard InChI is InChI=1S/C13H13F3N2O.ClH/c1-7-5-17-6-10-8-3-2-4-9(13(14,15)16)11(8)12(19)18(7)10;/h2-4,7,10,17H,5-6H2,1H3;1H/t7-,10+;/m1./s1. The van der Waals surface area contributed by atoms with Crippen LogP contribution in [0.25, 0.3) is 0 Å². The fourth-order valence-electron chi connectivity index (χ4n) is 2.99. The number of carbonyl (C=O) groups is 1. The lowest BCUT2D eigenvalue weighted by Gasteiger charge is -2.36. The molecule has 2 aliphatic heterocycles. The third kappa shape index (κ3) is 2.07. The van der Waals surface area contributed by atoms with Crippen LogP contribution in [0.2, 0.25) is 0 Å². The fourth-order valence-corrected chi connectivity index (χ4v) is 2.99. The number of halogens is 4. The van der Waals surface area contributed by atoms with Crippen molar-refractivity contribution in [3.63, 3.8) is 0 Å². The molecule has 1 aromatic carbocycles. The van der Waals surface area contributed by atoms with Gasteiger partial charge in [-0.15, -0.1) is 12.4 Å². The molecule has 1 amide bonds. The molecule has 2 heterocycles. The zero-order valence-corrected chi connectivity index (χ0v) is 11.5. The molecule has 1 N–H and O–H groups in total. The van der Waals surface area contributed by atoms with Crippen molar-refractivity contribution in [3.05, 3.63) is 34.9 Å². The van der Waals surface area contributed by atoms with Crippen LogP contribution < -0.4 is 5.32 Å². The molecule has 1 saturated heterocycles. The molecule has 0 bridgehead atoms. The lowest BCUT2D eigenvalue weighted by molar-refractivity contribution is -0.137. The number of alkyl halides is 3. The molecule has 0 aromatic heterocycles. The predicted molar refractivity (Wildman–Crippen MR) is 69.9 cm³/mol. The minimum atomic E-state index is -4.49. The Morgan fingerprint density at radius 3 is 2.65 bits per heavy atom. The van der Waals surface area contributed by atoms with Gasteiger partial charge in [0.2, 0.25) is 0 Å². The van der Waals surface area contributed by atoms with E-state index in [9.17, 15) is 18.0 Å². The highest BCUT2D eigenvalue weighted by Crippen LogP contribution is 2.42. The van der Waals surface area contributed by atoms with Gasteiger partial charge in [-0.1, -0.05) is 12.1 Å². The molecular formula is C13H14ClF3N2O. The summed E-state index contributed by atoms with van der Waals surface area (Å²) in [6, 6.07) is 3.59. The first-order valence-corrected chi connectivity index (χ1v) is 6.14. The Balaban J connectivity index is 0.00000147. The highest BCUT2D eigenvalue weighted by atomic mass is 35.5.